The van der Waals surface area contributed by atoms with Gasteiger partial charge < -0.3 is 10.5 Å². The van der Waals surface area contributed by atoms with Gasteiger partial charge in [0.15, 0.2) is 0 Å². The van der Waals surface area contributed by atoms with E-state index in [-0.39, 0.29) is 6.04 Å². The normalized spacial score (nSPS) is 12.5. The summed E-state index contributed by atoms with van der Waals surface area (Å²) in [6, 6.07) is 6.29. The molecule has 0 aliphatic heterocycles. The fourth-order valence-electron chi connectivity index (χ4n) is 1.69. The summed E-state index contributed by atoms with van der Waals surface area (Å²) in [4.78, 5) is 0. The van der Waals surface area contributed by atoms with Gasteiger partial charge in [0, 0.05) is 10.5 Å². The Morgan fingerprint density at radius 3 is 2.76 bits per heavy atom. The van der Waals surface area contributed by atoms with Gasteiger partial charge in [0.05, 0.1) is 6.61 Å². The highest BCUT2D eigenvalue weighted by atomic mass is 79.9. The lowest BCUT2D eigenvalue weighted by Crippen LogP contribution is -2.18. The minimum absolute atomic E-state index is 0.168. The third-order valence-electron chi connectivity index (χ3n) is 2.58. The topological polar surface area (TPSA) is 35.2 Å². The lowest BCUT2D eigenvalue weighted by atomic mass is 10.1. The standard InChI is InChI=1S/C14H22BrNO/c1-3-4-5-8-17-13-6-7-14(15)12(10-13)9-11(2)16/h6-7,10-11H,3-5,8-9,16H2,1-2H3. The van der Waals surface area contributed by atoms with E-state index in [1.54, 1.807) is 0 Å². The highest BCUT2D eigenvalue weighted by molar-refractivity contribution is 9.10. The molecule has 0 bridgehead atoms. The van der Waals surface area contributed by atoms with E-state index in [0.717, 1.165) is 29.7 Å². The molecule has 1 rings (SSSR count). The minimum atomic E-state index is 0.168. The molecule has 0 aliphatic rings. The third-order valence-corrected chi connectivity index (χ3v) is 3.35. The molecule has 0 heterocycles. The van der Waals surface area contributed by atoms with Gasteiger partial charge in [0.25, 0.3) is 0 Å². The van der Waals surface area contributed by atoms with E-state index in [9.17, 15) is 0 Å². The van der Waals surface area contributed by atoms with Gasteiger partial charge >= 0.3 is 0 Å². The van der Waals surface area contributed by atoms with Gasteiger partial charge in [-0.1, -0.05) is 35.7 Å². The van der Waals surface area contributed by atoms with Crippen LogP contribution in [0.1, 0.15) is 38.7 Å². The Morgan fingerprint density at radius 1 is 1.35 bits per heavy atom. The Morgan fingerprint density at radius 2 is 2.12 bits per heavy atom. The Balaban J connectivity index is 2.55. The van der Waals surface area contributed by atoms with Crippen LogP contribution in [0, 0.1) is 0 Å². The van der Waals surface area contributed by atoms with Crippen molar-refractivity contribution in [3.63, 3.8) is 0 Å². The van der Waals surface area contributed by atoms with Crippen LogP contribution < -0.4 is 10.5 Å². The molecule has 96 valence electrons. The van der Waals surface area contributed by atoms with E-state index in [1.807, 2.05) is 19.1 Å². The van der Waals surface area contributed by atoms with Crippen LogP contribution in [0.4, 0.5) is 0 Å². The lowest BCUT2D eigenvalue weighted by molar-refractivity contribution is 0.306. The van der Waals surface area contributed by atoms with E-state index in [0.29, 0.717) is 0 Å². The Bertz CT molecular complexity index is 339. The van der Waals surface area contributed by atoms with Gasteiger partial charge in [-0.15, -0.1) is 0 Å². The van der Waals surface area contributed by atoms with Crippen molar-refractivity contribution in [2.75, 3.05) is 6.61 Å². The second-order valence-corrected chi connectivity index (χ2v) is 5.34. The third kappa shape index (κ3) is 5.55. The van der Waals surface area contributed by atoms with Crippen molar-refractivity contribution in [2.45, 2.75) is 45.6 Å². The molecule has 0 aromatic heterocycles. The zero-order valence-electron chi connectivity index (χ0n) is 10.7. The first kappa shape index (κ1) is 14.5. The number of benzene rings is 1. The Kier molecular flexibility index (Phi) is 6.60. The van der Waals surface area contributed by atoms with Gasteiger partial charge in [-0.3, -0.25) is 0 Å². The summed E-state index contributed by atoms with van der Waals surface area (Å²) in [7, 11) is 0. The molecule has 17 heavy (non-hydrogen) atoms. The zero-order valence-corrected chi connectivity index (χ0v) is 12.3. The van der Waals surface area contributed by atoms with Gasteiger partial charge in [0.2, 0.25) is 0 Å². The van der Waals surface area contributed by atoms with Crippen molar-refractivity contribution in [1.29, 1.82) is 0 Å². The molecule has 0 fully saturated rings. The summed E-state index contributed by atoms with van der Waals surface area (Å²) in [6.07, 6.45) is 4.44. The average Bonchev–Trinajstić information content (AvgIpc) is 2.28. The molecule has 0 saturated heterocycles. The van der Waals surface area contributed by atoms with Crippen LogP contribution in [-0.2, 0) is 6.42 Å². The maximum absolute atomic E-state index is 5.82. The van der Waals surface area contributed by atoms with Crippen molar-refractivity contribution in [3.05, 3.63) is 28.2 Å². The molecular weight excluding hydrogens is 278 g/mol. The Labute approximate surface area is 113 Å². The van der Waals surface area contributed by atoms with Crippen molar-refractivity contribution in [3.8, 4) is 5.75 Å². The molecule has 1 aromatic rings. The molecule has 3 heteroatoms. The number of ether oxygens (including phenoxy) is 1. The Hall–Kier alpha value is -0.540. The van der Waals surface area contributed by atoms with E-state index >= 15 is 0 Å². The largest absolute Gasteiger partial charge is 0.494 e. The molecule has 0 aliphatic carbocycles. The second-order valence-electron chi connectivity index (χ2n) is 4.49. The lowest BCUT2D eigenvalue weighted by Gasteiger charge is -2.11. The summed E-state index contributed by atoms with van der Waals surface area (Å²) >= 11 is 3.54. The molecule has 1 aromatic carbocycles. The molecule has 0 saturated carbocycles. The van der Waals surface area contributed by atoms with E-state index in [1.165, 1.54) is 18.4 Å². The van der Waals surface area contributed by atoms with E-state index in [2.05, 4.69) is 28.9 Å². The number of unbranched alkanes of at least 4 members (excludes halogenated alkanes) is 2. The van der Waals surface area contributed by atoms with Crippen LogP contribution in [0.2, 0.25) is 0 Å². The van der Waals surface area contributed by atoms with Gasteiger partial charge in [-0.2, -0.15) is 0 Å². The molecule has 2 N–H and O–H groups in total. The molecule has 0 amide bonds. The number of halogens is 1. The summed E-state index contributed by atoms with van der Waals surface area (Å²) in [5.41, 5.74) is 7.04. The van der Waals surface area contributed by atoms with E-state index < -0.39 is 0 Å². The maximum Gasteiger partial charge on any atom is 0.119 e. The smallest absolute Gasteiger partial charge is 0.119 e. The number of hydrogen-bond acceptors (Lipinski definition) is 2. The summed E-state index contributed by atoms with van der Waals surface area (Å²) < 4.78 is 6.83. The molecule has 0 radical (unpaired) electrons. The fraction of sp³-hybridized carbons (Fsp3) is 0.571. The van der Waals surface area contributed by atoms with Gasteiger partial charge in [-0.25, -0.2) is 0 Å². The highest BCUT2D eigenvalue weighted by Crippen LogP contribution is 2.23. The first-order valence-corrected chi connectivity index (χ1v) is 7.09. The van der Waals surface area contributed by atoms with Gasteiger partial charge in [-0.05, 0) is 43.5 Å². The zero-order chi connectivity index (χ0) is 12.7. The number of rotatable bonds is 7. The van der Waals surface area contributed by atoms with Crippen LogP contribution in [0.15, 0.2) is 22.7 Å². The van der Waals surface area contributed by atoms with Crippen LogP contribution >= 0.6 is 15.9 Å². The summed E-state index contributed by atoms with van der Waals surface area (Å²) in [5.74, 6) is 0.944. The molecule has 0 spiro atoms. The highest BCUT2D eigenvalue weighted by Gasteiger charge is 2.05. The first-order valence-electron chi connectivity index (χ1n) is 6.30. The SMILES string of the molecule is CCCCCOc1ccc(Br)c(CC(C)N)c1. The van der Waals surface area contributed by atoms with Crippen molar-refractivity contribution in [2.24, 2.45) is 5.73 Å². The quantitative estimate of drug-likeness (QED) is 0.775. The number of hydrogen-bond donors (Lipinski definition) is 1. The van der Waals surface area contributed by atoms with Crippen molar-refractivity contribution < 1.29 is 4.74 Å². The second kappa shape index (κ2) is 7.72. The molecule has 1 unspecified atom stereocenters. The summed E-state index contributed by atoms with van der Waals surface area (Å²) in [6.45, 7) is 5.01. The fourth-order valence-corrected chi connectivity index (χ4v) is 2.09. The van der Waals surface area contributed by atoms with Gasteiger partial charge in [0.1, 0.15) is 5.75 Å². The molecule has 1 atom stereocenters. The monoisotopic (exact) mass is 299 g/mol. The van der Waals surface area contributed by atoms with Crippen molar-refractivity contribution in [1.82, 2.24) is 0 Å². The predicted molar refractivity (Wildman–Crippen MR) is 76.5 cm³/mol. The first-order chi connectivity index (χ1) is 8.13. The number of nitrogens with two attached hydrogens (primary N) is 1. The van der Waals surface area contributed by atoms with Crippen LogP contribution in [0.25, 0.3) is 0 Å². The van der Waals surface area contributed by atoms with E-state index in [4.69, 9.17) is 10.5 Å². The van der Waals surface area contributed by atoms with Crippen LogP contribution in [0.5, 0.6) is 5.75 Å². The summed E-state index contributed by atoms with van der Waals surface area (Å²) in [5, 5.41) is 0. The predicted octanol–water partition coefficient (Wildman–Crippen LogP) is 3.91. The van der Waals surface area contributed by atoms with Crippen LogP contribution in [0.3, 0.4) is 0 Å². The average molecular weight is 300 g/mol. The minimum Gasteiger partial charge on any atom is -0.494 e. The molecule has 2 nitrogen and oxygen atoms in total. The molecular formula is C14H22BrNO. The van der Waals surface area contributed by atoms with Crippen molar-refractivity contribution >= 4 is 15.9 Å². The maximum atomic E-state index is 5.82. The van der Waals surface area contributed by atoms with Crippen LogP contribution in [-0.4, -0.2) is 12.6 Å².